The molecular weight excluding hydrogens is 280 g/mol. The smallest absolute Gasteiger partial charge is 0.127 e. The molecule has 0 aromatic heterocycles. The summed E-state index contributed by atoms with van der Waals surface area (Å²) >= 11 is 0. The van der Waals surface area contributed by atoms with Crippen molar-refractivity contribution < 1.29 is 4.74 Å². The SMILES string of the molecule is C=C(c1ccccc1)c1ccc(Oc2ccc(C)c(C)c2)cc1. The lowest BCUT2D eigenvalue weighted by Gasteiger charge is -2.10. The van der Waals surface area contributed by atoms with Crippen molar-refractivity contribution in [3.63, 3.8) is 0 Å². The zero-order chi connectivity index (χ0) is 16.2. The molecule has 0 radical (unpaired) electrons. The first-order valence-corrected chi connectivity index (χ1v) is 7.73. The highest BCUT2D eigenvalue weighted by Crippen LogP contribution is 2.27. The minimum Gasteiger partial charge on any atom is -0.457 e. The molecule has 3 rings (SSSR count). The molecule has 0 heterocycles. The lowest BCUT2D eigenvalue weighted by atomic mass is 10.00. The van der Waals surface area contributed by atoms with Gasteiger partial charge in [0, 0.05) is 0 Å². The quantitative estimate of drug-likeness (QED) is 0.561. The van der Waals surface area contributed by atoms with E-state index >= 15 is 0 Å². The highest BCUT2D eigenvalue weighted by atomic mass is 16.5. The molecule has 0 unspecified atom stereocenters. The third-order valence-corrected chi connectivity index (χ3v) is 4.04. The second kappa shape index (κ2) is 6.53. The molecule has 0 saturated heterocycles. The third-order valence-electron chi connectivity index (χ3n) is 4.04. The lowest BCUT2D eigenvalue weighted by molar-refractivity contribution is 0.482. The maximum absolute atomic E-state index is 5.92. The summed E-state index contributed by atoms with van der Waals surface area (Å²) < 4.78 is 5.92. The van der Waals surface area contributed by atoms with Crippen LogP contribution in [0.2, 0.25) is 0 Å². The number of rotatable bonds is 4. The largest absolute Gasteiger partial charge is 0.457 e. The second-order valence-corrected chi connectivity index (χ2v) is 5.72. The maximum atomic E-state index is 5.92. The van der Waals surface area contributed by atoms with E-state index in [1.807, 2.05) is 48.5 Å². The molecule has 0 bridgehead atoms. The predicted molar refractivity (Wildman–Crippen MR) is 97.0 cm³/mol. The Labute approximate surface area is 137 Å². The average molecular weight is 300 g/mol. The van der Waals surface area contributed by atoms with Gasteiger partial charge >= 0.3 is 0 Å². The van der Waals surface area contributed by atoms with Crippen molar-refractivity contribution in [2.75, 3.05) is 0 Å². The van der Waals surface area contributed by atoms with Gasteiger partial charge in [-0.25, -0.2) is 0 Å². The van der Waals surface area contributed by atoms with Crippen LogP contribution >= 0.6 is 0 Å². The zero-order valence-corrected chi connectivity index (χ0v) is 13.5. The van der Waals surface area contributed by atoms with Gasteiger partial charge in [-0.15, -0.1) is 0 Å². The van der Waals surface area contributed by atoms with Crippen LogP contribution in [0.25, 0.3) is 5.57 Å². The molecule has 0 aliphatic carbocycles. The van der Waals surface area contributed by atoms with Crippen LogP contribution < -0.4 is 4.74 Å². The van der Waals surface area contributed by atoms with Gasteiger partial charge in [-0.3, -0.25) is 0 Å². The normalized spacial score (nSPS) is 10.3. The first kappa shape index (κ1) is 15.1. The van der Waals surface area contributed by atoms with Crippen LogP contribution in [0, 0.1) is 13.8 Å². The van der Waals surface area contributed by atoms with E-state index in [1.165, 1.54) is 11.1 Å². The highest BCUT2D eigenvalue weighted by molar-refractivity contribution is 5.78. The van der Waals surface area contributed by atoms with Crippen LogP contribution in [0.4, 0.5) is 0 Å². The molecule has 0 aliphatic heterocycles. The Hall–Kier alpha value is -2.80. The molecule has 3 aromatic carbocycles. The molecule has 3 aromatic rings. The number of benzene rings is 3. The van der Waals surface area contributed by atoms with Gasteiger partial charge in [0.25, 0.3) is 0 Å². The first-order valence-electron chi connectivity index (χ1n) is 7.73. The number of hydrogen-bond donors (Lipinski definition) is 0. The molecule has 114 valence electrons. The van der Waals surface area contributed by atoms with E-state index in [0.29, 0.717) is 0 Å². The summed E-state index contributed by atoms with van der Waals surface area (Å²) in [6.07, 6.45) is 0. The van der Waals surface area contributed by atoms with E-state index in [1.54, 1.807) is 0 Å². The third kappa shape index (κ3) is 3.51. The van der Waals surface area contributed by atoms with E-state index in [-0.39, 0.29) is 0 Å². The highest BCUT2D eigenvalue weighted by Gasteiger charge is 2.04. The minimum absolute atomic E-state index is 0.831. The molecule has 1 heteroatoms. The van der Waals surface area contributed by atoms with E-state index in [4.69, 9.17) is 4.74 Å². The molecular formula is C22H20O. The van der Waals surface area contributed by atoms with Gasteiger partial charge in [-0.05, 0) is 65.9 Å². The van der Waals surface area contributed by atoms with Crippen LogP contribution in [0.1, 0.15) is 22.3 Å². The second-order valence-electron chi connectivity index (χ2n) is 5.72. The number of hydrogen-bond acceptors (Lipinski definition) is 1. The molecule has 23 heavy (non-hydrogen) atoms. The Morgan fingerprint density at radius 3 is 1.96 bits per heavy atom. The van der Waals surface area contributed by atoms with Crippen LogP contribution in [-0.4, -0.2) is 0 Å². The molecule has 0 N–H and O–H groups in total. The first-order chi connectivity index (χ1) is 11.1. The summed E-state index contributed by atoms with van der Waals surface area (Å²) in [7, 11) is 0. The average Bonchev–Trinajstić information content (AvgIpc) is 2.59. The van der Waals surface area contributed by atoms with Crippen LogP contribution in [-0.2, 0) is 0 Å². The van der Waals surface area contributed by atoms with E-state index < -0.39 is 0 Å². The Balaban J connectivity index is 1.77. The van der Waals surface area contributed by atoms with Crippen LogP contribution in [0.15, 0.2) is 79.4 Å². The number of ether oxygens (including phenoxy) is 1. The molecule has 1 nitrogen and oxygen atoms in total. The summed E-state index contributed by atoms with van der Waals surface area (Å²) in [5.74, 6) is 1.70. The molecule has 0 saturated carbocycles. The fourth-order valence-electron chi connectivity index (χ4n) is 2.44. The van der Waals surface area contributed by atoms with E-state index in [0.717, 1.165) is 28.2 Å². The standard InChI is InChI=1S/C22H20O/c1-16-9-12-22(15-17(16)2)23-21-13-10-20(11-14-21)18(3)19-7-5-4-6-8-19/h4-15H,3H2,1-2H3. The van der Waals surface area contributed by atoms with Gasteiger partial charge in [0.05, 0.1) is 0 Å². The van der Waals surface area contributed by atoms with Crippen molar-refractivity contribution in [3.8, 4) is 11.5 Å². The Bertz CT molecular complexity index is 814. The minimum atomic E-state index is 0.831. The zero-order valence-electron chi connectivity index (χ0n) is 13.5. The fourth-order valence-corrected chi connectivity index (χ4v) is 2.44. The Morgan fingerprint density at radius 1 is 0.696 bits per heavy atom. The summed E-state index contributed by atoms with van der Waals surface area (Å²) in [6, 6.07) is 24.4. The van der Waals surface area contributed by atoms with Crippen LogP contribution in [0.5, 0.6) is 11.5 Å². The van der Waals surface area contributed by atoms with Crippen molar-refractivity contribution in [3.05, 3.63) is 102 Å². The summed E-state index contributed by atoms with van der Waals surface area (Å²) in [6.45, 7) is 8.38. The lowest BCUT2D eigenvalue weighted by Crippen LogP contribution is -1.89. The summed E-state index contributed by atoms with van der Waals surface area (Å²) in [5.41, 5.74) is 5.76. The predicted octanol–water partition coefficient (Wildman–Crippen LogP) is 6.16. The van der Waals surface area contributed by atoms with Gasteiger partial charge in [-0.1, -0.05) is 55.1 Å². The molecule has 0 fully saturated rings. The maximum Gasteiger partial charge on any atom is 0.127 e. The molecule has 0 atom stereocenters. The van der Waals surface area contributed by atoms with Gasteiger partial charge in [0.15, 0.2) is 0 Å². The van der Waals surface area contributed by atoms with Gasteiger partial charge < -0.3 is 4.74 Å². The van der Waals surface area contributed by atoms with Crippen molar-refractivity contribution >= 4 is 5.57 Å². The van der Waals surface area contributed by atoms with E-state index in [9.17, 15) is 0 Å². The molecule has 0 amide bonds. The van der Waals surface area contributed by atoms with Gasteiger partial charge in [0.2, 0.25) is 0 Å². The van der Waals surface area contributed by atoms with Crippen molar-refractivity contribution in [1.29, 1.82) is 0 Å². The molecule has 0 aliphatic rings. The number of aryl methyl sites for hydroxylation is 2. The fraction of sp³-hybridized carbons (Fsp3) is 0.0909. The monoisotopic (exact) mass is 300 g/mol. The van der Waals surface area contributed by atoms with Gasteiger partial charge in [0.1, 0.15) is 11.5 Å². The Kier molecular flexibility index (Phi) is 4.29. The Morgan fingerprint density at radius 2 is 1.30 bits per heavy atom. The van der Waals surface area contributed by atoms with Crippen molar-refractivity contribution in [1.82, 2.24) is 0 Å². The molecule has 0 spiro atoms. The van der Waals surface area contributed by atoms with Crippen molar-refractivity contribution in [2.45, 2.75) is 13.8 Å². The van der Waals surface area contributed by atoms with Gasteiger partial charge in [-0.2, -0.15) is 0 Å². The topological polar surface area (TPSA) is 9.23 Å². The summed E-state index contributed by atoms with van der Waals surface area (Å²) in [5, 5.41) is 0. The van der Waals surface area contributed by atoms with Crippen molar-refractivity contribution in [2.24, 2.45) is 0 Å². The summed E-state index contributed by atoms with van der Waals surface area (Å²) in [4.78, 5) is 0. The van der Waals surface area contributed by atoms with E-state index in [2.05, 4.69) is 44.7 Å². The van der Waals surface area contributed by atoms with Crippen LogP contribution in [0.3, 0.4) is 0 Å².